The van der Waals surface area contributed by atoms with E-state index in [1.807, 2.05) is 0 Å². The second-order valence-corrected chi connectivity index (χ2v) is 24.5. The summed E-state index contributed by atoms with van der Waals surface area (Å²) in [5.74, 6) is -11.8. The molecule has 21 rings (SSSR count). The monoisotopic (exact) mass is 1540 g/mol. The van der Waals surface area contributed by atoms with Crippen molar-refractivity contribution in [3.63, 3.8) is 0 Å². The summed E-state index contributed by atoms with van der Waals surface area (Å²) in [4.78, 5) is 83.5. The third kappa shape index (κ3) is 21.3. The number of aliphatic hydroxyl groups is 14. The smallest absolute Gasteiger partial charge is 0.329 e. The predicted molar refractivity (Wildman–Crippen MR) is 308 cm³/mol. The van der Waals surface area contributed by atoms with Gasteiger partial charge in [0.25, 0.3) is 0 Å². The van der Waals surface area contributed by atoms with Gasteiger partial charge in [-0.3, -0.25) is 0 Å². The molecule has 0 spiro atoms. The number of hydrogen-bond donors (Lipinski definition) is 21. The number of hydrogen-bond acceptors (Lipinski definition) is 42. The minimum Gasteiger partial charge on any atom is -0.480 e. The van der Waals surface area contributed by atoms with E-state index in [0.717, 1.165) is 0 Å². The van der Waals surface area contributed by atoms with Gasteiger partial charge in [0.1, 0.15) is 217 Å². The molecular formula is C56H84O49. The lowest BCUT2D eigenvalue weighted by atomic mass is 9.94. The van der Waals surface area contributed by atoms with Gasteiger partial charge < -0.3 is 207 Å². The topological polar surface area (TPSA) is 738 Å². The van der Waals surface area contributed by atoms with Crippen molar-refractivity contribution in [2.24, 2.45) is 0 Å². The molecule has 21 saturated heterocycles. The molecule has 21 heterocycles. The zero-order valence-electron chi connectivity index (χ0n) is 54.4. The number of carbonyl (C=O) groups is 7. The van der Waals surface area contributed by atoms with Gasteiger partial charge in [0.05, 0.1) is 46.2 Å². The molecule has 0 saturated carbocycles. The van der Waals surface area contributed by atoms with Gasteiger partial charge in [0, 0.05) is 0 Å². The summed E-state index contributed by atoms with van der Waals surface area (Å²) in [7, 11) is 0. The largest absolute Gasteiger partial charge is 0.480 e. The first-order valence-electron chi connectivity index (χ1n) is 31.9. The molecule has 105 heavy (non-hydrogen) atoms. The second kappa shape index (κ2) is 39.0. The fourth-order valence-electron chi connectivity index (χ4n) is 12.5. The Morgan fingerprint density at radius 2 is 0.390 bits per heavy atom. The number of carboxylic acids is 7. The normalized spacial score (nSPS) is 43.5. The van der Waals surface area contributed by atoms with Crippen LogP contribution >= 0.6 is 0 Å². The molecule has 0 unspecified atom stereocenters. The molecular weight excluding hydrogens is 1460 g/mol. The molecule has 21 N–H and O–H groups in total. The van der Waals surface area contributed by atoms with Gasteiger partial charge in [-0.2, -0.15) is 0 Å². The van der Waals surface area contributed by atoms with Crippen LogP contribution in [0.1, 0.15) is 0 Å². The third-order valence-electron chi connectivity index (χ3n) is 17.3. The molecule has 49 nitrogen and oxygen atoms in total. The van der Waals surface area contributed by atoms with Crippen molar-refractivity contribution in [1.29, 1.82) is 0 Å². The molecule has 0 aromatic heterocycles. The Labute approximate surface area is 588 Å². The summed E-state index contributed by atoms with van der Waals surface area (Å²) in [5.41, 5.74) is 0. The van der Waals surface area contributed by atoms with Crippen LogP contribution in [0.15, 0.2) is 0 Å². The molecule has 35 atom stereocenters. The molecule has 0 aromatic rings. The summed E-state index contributed by atoms with van der Waals surface area (Å²) in [5, 5.41) is 231. The lowest BCUT2D eigenvalue weighted by Crippen LogP contribution is -2.69. The second-order valence-electron chi connectivity index (χ2n) is 24.5. The summed E-state index contributed by atoms with van der Waals surface area (Å²) in [6.07, 6.45) is -78.6. The van der Waals surface area contributed by atoms with E-state index in [2.05, 4.69) is 0 Å². The maximum absolute atomic E-state index is 12.1. The van der Waals surface area contributed by atoms with E-state index < -0.39 is 349 Å². The summed E-state index contributed by atoms with van der Waals surface area (Å²) < 4.78 is 121. The van der Waals surface area contributed by atoms with E-state index in [1.54, 1.807) is 0 Å². The number of carboxylic acid groups (broad SMARTS) is 7. The number of ether oxygens (including phenoxy) is 21. The van der Waals surface area contributed by atoms with Gasteiger partial charge in [0.2, 0.25) is 0 Å². The maximum Gasteiger partial charge on any atom is 0.329 e. The average molecular weight is 1540 g/mol. The first kappa shape index (κ1) is 85.5. The Kier molecular flexibility index (Phi) is 31.8. The Hall–Kier alpha value is -5.11. The molecule has 0 aliphatic carbocycles. The highest BCUT2D eigenvalue weighted by atomic mass is 16.8. The number of aliphatic hydroxyl groups excluding tert-OH is 14. The van der Waals surface area contributed by atoms with Gasteiger partial charge >= 0.3 is 41.8 Å². The van der Waals surface area contributed by atoms with E-state index in [1.165, 1.54) is 0 Å². The standard InChI is InChI=1S/C56H84O49/c57-1-15-42-47(89-12-26(69)70)36(82)54(93-15)104-44-17(3-59)95-56(38(84)49(44)91-14-28(73)74)105-45-18(4-60)94-55(37(83)48(45)90-13-27(71)72)103-43-16(2-58)92-53(35(81)46(43)88-11-25(67)68)101-41-21(7-87-10-24(65)66)97-51(33(79)30(41)76)99-39-19(5-85-8-22(61)62)96-50(32(78)29(39)75)100-40-20(6-86-9-23(63)64)98-52(102-42)34(80)31(40)77/h15-21,29-60,75-84H,1-14H2,(H,61,62)(H,63,64)(H,65,66)(H,67,68)(H,69,70)(H,71,72)(H,73,74)/t15-,16-,17-,18-,19-,20+,21-,29-,30-,31-,32-,33-,34-,35-,36-,37-,38-,39-,40-,41-,42-,43-,44-,45-,46-,47-,48-,49-,50-,51-,52-,53-,54-,55-,56-/m1/s1. The number of rotatable bonds is 28. The van der Waals surface area contributed by atoms with E-state index >= 15 is 0 Å². The molecule has 21 aliphatic rings. The van der Waals surface area contributed by atoms with Crippen LogP contribution in [0.25, 0.3) is 0 Å². The quantitative estimate of drug-likeness (QED) is 0.0346. The predicted octanol–water partition coefficient (Wildman–Crippen LogP) is -14.5. The SMILES string of the molecule is O=C(O)COC[C@@H]1O[C@@H]2O[C@H]3[C@H](OCC(=O)O)[C@@H](O)[C@@H](O[C@H]4[C@H](OCC(=O)O)[C@@H](O)[C@@H](O[C@H]5[C@H](OCC(=O)O)[C@@H](O)[C@@H](O[C@H]6[C@H](OCC(=O)O)[C@@H](O)[C@@H](O[C@H]7[C@H](O)[C@@H](O)[C@@H](O[C@H]8[C@H](O)[C@@H](O)[C@@H](O[C@H]1[C@H](O)[C@H]2O)O[C@@H]8COCC(=O)O)O[C@@H]7COCC(=O)O)O[C@@H]6CO)O[C@@H]5CO)O[C@@H]4CO)O[C@@H]3CO. The Balaban J connectivity index is 1.23. The van der Waals surface area contributed by atoms with Crippen molar-refractivity contribution >= 4 is 41.8 Å². The molecule has 0 aromatic carbocycles. The molecule has 0 radical (unpaired) electrons. The van der Waals surface area contributed by atoms with Crippen molar-refractivity contribution < 1.29 is 240 Å². The van der Waals surface area contributed by atoms with Crippen LogP contribution in [0.3, 0.4) is 0 Å². The molecule has 21 fully saturated rings. The van der Waals surface area contributed by atoms with Crippen molar-refractivity contribution in [3.8, 4) is 0 Å². The lowest BCUT2D eigenvalue weighted by Gasteiger charge is -2.51. The highest BCUT2D eigenvalue weighted by molar-refractivity contribution is 5.70. The summed E-state index contributed by atoms with van der Waals surface area (Å²) >= 11 is 0. The van der Waals surface area contributed by atoms with Gasteiger partial charge in [-0.25, -0.2) is 33.6 Å². The van der Waals surface area contributed by atoms with Crippen LogP contribution in [0.2, 0.25) is 0 Å². The summed E-state index contributed by atoms with van der Waals surface area (Å²) in [6, 6.07) is 0. The zero-order chi connectivity index (χ0) is 77.0. The molecule has 0 amide bonds. The van der Waals surface area contributed by atoms with Crippen LogP contribution in [-0.2, 0) is 133 Å². The van der Waals surface area contributed by atoms with E-state index in [0.29, 0.717) is 0 Å². The van der Waals surface area contributed by atoms with Crippen LogP contribution in [0, 0.1) is 0 Å². The van der Waals surface area contributed by atoms with E-state index in [9.17, 15) is 141 Å². The maximum atomic E-state index is 12.1. The average Bonchev–Trinajstić information content (AvgIpc) is 0.781. The number of aliphatic carboxylic acids is 7. The molecule has 21 aliphatic heterocycles. The zero-order valence-corrected chi connectivity index (χ0v) is 54.4. The Bertz CT molecular complexity index is 2760. The molecule has 14 bridgehead atoms. The molecule has 49 heteroatoms. The van der Waals surface area contributed by atoms with Crippen molar-refractivity contribution in [2.75, 3.05) is 92.5 Å². The minimum atomic E-state index is -2.48. The Morgan fingerprint density at radius 3 is 0.571 bits per heavy atom. The lowest BCUT2D eigenvalue weighted by molar-refractivity contribution is -0.400. The fourth-order valence-corrected chi connectivity index (χ4v) is 12.5. The van der Waals surface area contributed by atoms with Gasteiger partial charge in [0.15, 0.2) is 44.0 Å². The van der Waals surface area contributed by atoms with Crippen LogP contribution < -0.4 is 0 Å². The van der Waals surface area contributed by atoms with Crippen LogP contribution in [0.5, 0.6) is 0 Å². The minimum absolute atomic E-state index is 0.993. The Morgan fingerprint density at radius 1 is 0.219 bits per heavy atom. The highest BCUT2D eigenvalue weighted by Gasteiger charge is 2.61. The van der Waals surface area contributed by atoms with E-state index in [4.69, 9.17) is 99.5 Å². The highest BCUT2D eigenvalue weighted by Crippen LogP contribution is 2.41. The third-order valence-corrected chi connectivity index (χ3v) is 17.3. The van der Waals surface area contributed by atoms with E-state index in [-0.39, 0.29) is 0 Å². The van der Waals surface area contributed by atoms with Crippen molar-refractivity contribution in [1.82, 2.24) is 0 Å². The van der Waals surface area contributed by atoms with Crippen LogP contribution in [0.4, 0.5) is 0 Å². The van der Waals surface area contributed by atoms with Crippen molar-refractivity contribution in [2.45, 2.75) is 215 Å². The fraction of sp³-hybridized carbons (Fsp3) is 0.875. The van der Waals surface area contributed by atoms with Gasteiger partial charge in [-0.15, -0.1) is 0 Å². The first-order chi connectivity index (χ1) is 49.8. The van der Waals surface area contributed by atoms with Crippen molar-refractivity contribution in [3.05, 3.63) is 0 Å². The molecule has 602 valence electrons. The van der Waals surface area contributed by atoms with Gasteiger partial charge in [-0.1, -0.05) is 0 Å². The van der Waals surface area contributed by atoms with Crippen LogP contribution in [-0.4, -0.2) is 456 Å². The van der Waals surface area contributed by atoms with Gasteiger partial charge in [-0.05, 0) is 0 Å². The summed E-state index contributed by atoms with van der Waals surface area (Å²) in [6.45, 7) is -16.8. The first-order valence-corrected chi connectivity index (χ1v) is 31.9.